The van der Waals surface area contributed by atoms with Gasteiger partial charge in [0.15, 0.2) is 25.0 Å². The molecule has 0 heterocycles. The summed E-state index contributed by atoms with van der Waals surface area (Å²) < 4.78 is 30.5. The Bertz CT molecular complexity index is 1250. The van der Waals surface area contributed by atoms with E-state index in [4.69, 9.17) is 18.0 Å². The predicted octanol–water partition coefficient (Wildman–Crippen LogP) is 14.9. The minimum atomic E-state index is -1.97. The fourth-order valence-electron chi connectivity index (χ4n) is 12.9. The Morgan fingerprint density at radius 2 is 1.33 bits per heavy atom. The van der Waals surface area contributed by atoms with E-state index in [1.807, 2.05) is 0 Å². The van der Waals surface area contributed by atoms with Crippen molar-refractivity contribution in [3.63, 3.8) is 0 Å². The lowest BCUT2D eigenvalue weighted by Gasteiger charge is -2.61. The van der Waals surface area contributed by atoms with E-state index in [-0.39, 0.29) is 29.3 Å². The van der Waals surface area contributed by atoms with Crippen molar-refractivity contribution in [1.82, 2.24) is 0 Å². The summed E-state index contributed by atoms with van der Waals surface area (Å²) in [5, 5.41) is 0. The molecule has 0 aliphatic heterocycles. The fourth-order valence-corrected chi connectivity index (χ4v) is 22.1. The van der Waals surface area contributed by atoms with E-state index < -0.39 is 25.0 Å². The maximum absolute atomic E-state index is 7.89. The second kappa shape index (κ2) is 20.0. The van der Waals surface area contributed by atoms with Gasteiger partial charge in [-0.25, -0.2) is 0 Å². The third kappa shape index (κ3) is 9.77. The smallest absolute Gasteiger partial charge is 0.192 e. The number of hydrogen-bond acceptors (Lipinski definition) is 4. The first kappa shape index (κ1) is 48.4. The van der Waals surface area contributed by atoms with Crippen LogP contribution in [-0.2, 0) is 18.0 Å². The lowest BCUT2D eigenvalue weighted by atomic mass is 9.49. The molecule has 0 radical (unpaired) electrons. The molecule has 4 aliphatic rings. The molecule has 0 unspecified atom stereocenters. The molecule has 55 heavy (non-hydrogen) atoms. The van der Waals surface area contributed by atoms with Gasteiger partial charge in [-0.1, -0.05) is 142 Å². The first-order valence-corrected chi connectivity index (χ1v) is 32.8. The number of allylic oxidation sites excluding steroid dienone is 3. The number of rotatable bonds is 23. The Kier molecular flexibility index (Phi) is 17.6. The lowest BCUT2D eigenvalue weighted by Crippen LogP contribution is -2.64. The quantitative estimate of drug-likeness (QED) is 0.0581. The fraction of sp³-hybridized carbons (Fsp3) is 0.915. The highest BCUT2D eigenvalue weighted by Crippen LogP contribution is 2.67. The Balaban J connectivity index is 1.65. The third-order valence-corrected chi connectivity index (χ3v) is 31.9. The van der Waals surface area contributed by atoms with Gasteiger partial charge in [0, 0.05) is 9.84 Å². The van der Waals surface area contributed by atoms with Gasteiger partial charge in [0.25, 0.3) is 0 Å². The summed E-state index contributed by atoms with van der Waals surface area (Å²) in [4.78, 5) is 0. The van der Waals surface area contributed by atoms with Gasteiger partial charge < -0.3 is 18.0 Å². The summed E-state index contributed by atoms with van der Waals surface area (Å²) in [7, 11) is -5.46. The maximum Gasteiger partial charge on any atom is 0.192 e. The molecule has 0 N–H and O–H groups in total. The SMILES string of the molecule is CC[Si](CC)(CC)O[C@@H]1CC2=CC=C3[C@@H]4CC[C@H]([C@H](C)CCCC(C)(C)O[Si](CC)(CC)CC)[C@@]4(C)CC[C@@H]3[C@@]2(C)[C@@H](O[Si](CC)(CC)CC)[C@@H]1OCCI. The number of fused-ring (bicyclic) bond motifs is 5. The molecule has 0 aromatic rings. The summed E-state index contributed by atoms with van der Waals surface area (Å²) in [6.07, 6.45) is 15.5. The van der Waals surface area contributed by atoms with Gasteiger partial charge >= 0.3 is 0 Å². The van der Waals surface area contributed by atoms with Gasteiger partial charge in [-0.3, -0.25) is 0 Å². The average molecular weight is 929 g/mol. The zero-order valence-electron chi connectivity index (χ0n) is 38.6. The summed E-state index contributed by atoms with van der Waals surface area (Å²) >= 11 is 2.50. The van der Waals surface area contributed by atoms with E-state index in [0.29, 0.717) is 17.3 Å². The third-order valence-electron chi connectivity index (χ3n) is 17.3. The van der Waals surface area contributed by atoms with Crippen LogP contribution in [0, 0.1) is 34.5 Å². The van der Waals surface area contributed by atoms with Crippen molar-refractivity contribution < 1.29 is 18.0 Å². The monoisotopic (exact) mass is 929 g/mol. The van der Waals surface area contributed by atoms with Crippen LogP contribution >= 0.6 is 22.6 Å². The molecule has 0 saturated heterocycles. The van der Waals surface area contributed by atoms with Crippen molar-refractivity contribution in [3.05, 3.63) is 23.3 Å². The topological polar surface area (TPSA) is 36.9 Å². The largest absolute Gasteiger partial charge is 0.412 e. The summed E-state index contributed by atoms with van der Waals surface area (Å²) in [5.74, 6) is 2.74. The Morgan fingerprint density at radius 1 is 0.764 bits per heavy atom. The van der Waals surface area contributed by atoms with Crippen LogP contribution in [0.4, 0.5) is 0 Å². The van der Waals surface area contributed by atoms with Gasteiger partial charge in [0.1, 0.15) is 6.10 Å². The molecule has 4 rings (SSSR count). The van der Waals surface area contributed by atoms with E-state index in [2.05, 4.69) is 132 Å². The first-order chi connectivity index (χ1) is 26.1. The number of ether oxygens (including phenoxy) is 1. The lowest BCUT2D eigenvalue weighted by molar-refractivity contribution is -0.149. The molecule has 0 aromatic carbocycles. The summed E-state index contributed by atoms with van der Waals surface area (Å²) in [6, 6.07) is 10.7. The van der Waals surface area contributed by atoms with Gasteiger partial charge in [0.2, 0.25) is 0 Å². The maximum atomic E-state index is 7.89. The zero-order valence-corrected chi connectivity index (χ0v) is 43.8. The van der Waals surface area contributed by atoms with Crippen LogP contribution in [0.15, 0.2) is 23.3 Å². The van der Waals surface area contributed by atoms with Crippen LogP contribution < -0.4 is 0 Å². The summed E-state index contributed by atoms with van der Waals surface area (Å²) in [5.41, 5.74) is 3.67. The molecular formula is C47H89IO4Si3. The van der Waals surface area contributed by atoms with Gasteiger partial charge in [-0.15, -0.1) is 0 Å². The van der Waals surface area contributed by atoms with Crippen molar-refractivity contribution in [2.45, 2.75) is 227 Å². The molecule has 4 aliphatic carbocycles. The van der Waals surface area contributed by atoms with E-state index in [1.54, 1.807) is 11.1 Å². The average Bonchev–Trinajstić information content (AvgIpc) is 3.55. The number of hydrogen-bond donors (Lipinski definition) is 0. The molecule has 8 heteroatoms. The predicted molar refractivity (Wildman–Crippen MR) is 254 cm³/mol. The van der Waals surface area contributed by atoms with Crippen LogP contribution in [0.25, 0.3) is 0 Å². The normalized spacial score (nSPS) is 32.1. The van der Waals surface area contributed by atoms with E-state index in [0.717, 1.165) is 29.3 Å². The Hall–Kier alpha value is 0.701. The minimum Gasteiger partial charge on any atom is -0.412 e. The Labute approximate surface area is 358 Å². The molecule has 0 aromatic heterocycles. The molecule has 0 spiro atoms. The molecule has 9 atom stereocenters. The van der Waals surface area contributed by atoms with Crippen LogP contribution in [0.1, 0.15) is 148 Å². The summed E-state index contributed by atoms with van der Waals surface area (Å²) in [6.45, 7) is 34.9. The second-order valence-corrected chi connectivity index (χ2v) is 35.1. The molecule has 0 amide bonds. The van der Waals surface area contributed by atoms with Gasteiger partial charge in [-0.2, -0.15) is 0 Å². The molecular weight excluding hydrogens is 840 g/mol. The van der Waals surface area contributed by atoms with Gasteiger partial charge in [0.05, 0.1) is 24.4 Å². The minimum absolute atomic E-state index is 0.0114. The van der Waals surface area contributed by atoms with Crippen molar-refractivity contribution in [2.24, 2.45) is 34.5 Å². The molecule has 4 nitrogen and oxygen atoms in total. The standard InChI is InChI=1S/C47H89IO4Si3/c1-15-53(16-2,17-3)50-42-35-37-26-27-38-40-29-28-39(36(10)25-24-31-45(11,12)52-55(21-7,22-8)23-9)46(40,13)32-30-41(38)47(37,14)44(43(42)49-34-33-48)51-54(18-4,19-5)20-6/h26-27,36,39-44H,15-25,28-35H2,1-14H3/t36-,39-,40+,41+,42-,43-,44+,46-,47+/m1/s1. The Morgan fingerprint density at radius 3 is 1.87 bits per heavy atom. The van der Waals surface area contributed by atoms with Crippen LogP contribution in [0.5, 0.6) is 0 Å². The molecule has 3 saturated carbocycles. The zero-order chi connectivity index (χ0) is 40.9. The highest BCUT2D eigenvalue weighted by Gasteiger charge is 2.63. The van der Waals surface area contributed by atoms with Crippen LogP contribution in [-0.4, -0.2) is 59.9 Å². The van der Waals surface area contributed by atoms with E-state index >= 15 is 0 Å². The molecule has 0 bridgehead atoms. The van der Waals surface area contributed by atoms with Crippen molar-refractivity contribution >= 4 is 47.5 Å². The van der Waals surface area contributed by atoms with Crippen LogP contribution in [0.3, 0.4) is 0 Å². The van der Waals surface area contributed by atoms with Crippen molar-refractivity contribution in [3.8, 4) is 0 Å². The first-order valence-electron chi connectivity index (χ1n) is 23.7. The van der Waals surface area contributed by atoms with E-state index in [9.17, 15) is 0 Å². The van der Waals surface area contributed by atoms with Crippen LogP contribution in [0.2, 0.25) is 54.4 Å². The number of alkyl halides is 1. The van der Waals surface area contributed by atoms with Crippen molar-refractivity contribution in [2.75, 3.05) is 11.0 Å². The molecule has 320 valence electrons. The highest BCUT2D eigenvalue weighted by atomic mass is 127. The highest BCUT2D eigenvalue weighted by molar-refractivity contribution is 14.1. The van der Waals surface area contributed by atoms with E-state index in [1.165, 1.54) is 99.3 Å². The second-order valence-electron chi connectivity index (χ2n) is 19.9. The molecule has 3 fully saturated rings. The van der Waals surface area contributed by atoms with Crippen molar-refractivity contribution in [1.29, 1.82) is 0 Å². The number of halogens is 1. The van der Waals surface area contributed by atoms with Gasteiger partial charge in [-0.05, 0) is 136 Å².